The molecular formula is C16H16Cl2O10S4. The van der Waals surface area contributed by atoms with Gasteiger partial charge in [-0.15, -0.1) is 0 Å². The second-order valence-corrected chi connectivity index (χ2v) is 14.3. The van der Waals surface area contributed by atoms with Crippen LogP contribution >= 0.6 is 23.2 Å². The summed E-state index contributed by atoms with van der Waals surface area (Å²) in [5, 5.41) is -0.741. The molecule has 0 amide bonds. The Morgan fingerprint density at radius 3 is 1.19 bits per heavy atom. The minimum atomic E-state index is -4.75. The maximum atomic E-state index is 12.4. The summed E-state index contributed by atoms with van der Waals surface area (Å²) in [4.78, 5) is -2.40. The minimum absolute atomic E-state index is 0.135. The topological polar surface area (TPSA) is 177 Å². The van der Waals surface area contributed by atoms with Gasteiger partial charge in [-0.25, -0.2) is 16.8 Å². The zero-order valence-electron chi connectivity index (χ0n) is 15.8. The highest BCUT2D eigenvalue weighted by Gasteiger charge is 2.23. The van der Waals surface area contributed by atoms with Gasteiger partial charge in [-0.3, -0.25) is 9.11 Å². The molecule has 2 N–H and O–H groups in total. The van der Waals surface area contributed by atoms with E-state index in [1.165, 1.54) is 0 Å². The summed E-state index contributed by atoms with van der Waals surface area (Å²) in [5.74, 6) is -1.07. The molecule has 0 fully saturated rings. The van der Waals surface area contributed by atoms with Gasteiger partial charge < -0.3 is 0 Å². The maximum Gasteiger partial charge on any atom is 0.296 e. The smallest absolute Gasteiger partial charge is 0.282 e. The Balaban J connectivity index is 2.13. The average Bonchev–Trinajstić information content (AvgIpc) is 2.63. The molecule has 0 saturated carbocycles. The van der Waals surface area contributed by atoms with Crippen LogP contribution in [-0.2, 0) is 39.9 Å². The van der Waals surface area contributed by atoms with E-state index in [1.807, 2.05) is 0 Å². The molecule has 2 aromatic carbocycles. The Labute approximate surface area is 195 Å². The van der Waals surface area contributed by atoms with Crippen LogP contribution in [-0.4, -0.2) is 54.3 Å². The standard InChI is InChI=1S/C16H16Cl2O10S4/c17-13-5-3-11(9-15(13)31(23,24)25)29(19,20)7-1-2-8-30(21,22)12-4-6-14(18)16(10-12)32(26,27)28/h3-6,9-10H,1-2,7-8H2,(H,23,24,25)(H,26,27,28). The summed E-state index contributed by atoms with van der Waals surface area (Å²) in [6, 6.07) is 5.49. The molecule has 10 nitrogen and oxygen atoms in total. The van der Waals surface area contributed by atoms with Crippen molar-refractivity contribution in [3.63, 3.8) is 0 Å². The first-order valence-corrected chi connectivity index (χ1v) is 15.4. The molecule has 0 atom stereocenters. The minimum Gasteiger partial charge on any atom is -0.282 e. The van der Waals surface area contributed by atoms with E-state index in [2.05, 4.69) is 0 Å². The number of rotatable bonds is 9. The van der Waals surface area contributed by atoms with Crippen LogP contribution in [0.4, 0.5) is 0 Å². The lowest BCUT2D eigenvalue weighted by molar-refractivity contribution is 0.480. The summed E-state index contributed by atoms with van der Waals surface area (Å²) < 4.78 is 113. The predicted octanol–water partition coefficient (Wildman–Crippen LogP) is 2.51. The number of sulfone groups is 2. The summed E-state index contributed by atoms with van der Waals surface area (Å²) in [5.41, 5.74) is 0. The molecule has 0 aliphatic heterocycles. The molecule has 0 aliphatic rings. The Morgan fingerprint density at radius 1 is 0.594 bits per heavy atom. The van der Waals surface area contributed by atoms with E-state index in [4.69, 9.17) is 32.3 Å². The van der Waals surface area contributed by atoms with Gasteiger partial charge in [0.2, 0.25) is 0 Å². The summed E-state index contributed by atoms with van der Waals surface area (Å²) >= 11 is 11.3. The molecule has 178 valence electrons. The van der Waals surface area contributed by atoms with Crippen LogP contribution in [0.1, 0.15) is 12.8 Å². The van der Waals surface area contributed by atoms with Crippen molar-refractivity contribution in [2.24, 2.45) is 0 Å². The van der Waals surface area contributed by atoms with Gasteiger partial charge in [0.1, 0.15) is 9.79 Å². The second-order valence-electron chi connectivity index (χ2n) is 6.48. The molecule has 0 aliphatic carbocycles. The molecule has 0 aromatic heterocycles. The zero-order valence-corrected chi connectivity index (χ0v) is 20.6. The molecule has 32 heavy (non-hydrogen) atoms. The first-order valence-electron chi connectivity index (χ1n) is 8.45. The van der Waals surface area contributed by atoms with Crippen molar-refractivity contribution >= 4 is 63.1 Å². The van der Waals surface area contributed by atoms with E-state index < -0.39 is 71.0 Å². The molecule has 2 aromatic rings. The number of halogens is 2. The largest absolute Gasteiger partial charge is 0.296 e. The third kappa shape index (κ3) is 6.63. The predicted molar refractivity (Wildman–Crippen MR) is 116 cm³/mol. The van der Waals surface area contributed by atoms with E-state index in [9.17, 15) is 33.7 Å². The van der Waals surface area contributed by atoms with Gasteiger partial charge in [0, 0.05) is 0 Å². The van der Waals surface area contributed by atoms with Gasteiger partial charge >= 0.3 is 0 Å². The molecule has 0 radical (unpaired) electrons. The summed E-state index contributed by atoms with van der Waals surface area (Å²) in [7, 11) is -17.6. The number of unbranched alkanes of at least 4 members (excludes halogenated alkanes) is 1. The number of benzene rings is 2. The van der Waals surface area contributed by atoms with E-state index in [0.29, 0.717) is 12.1 Å². The van der Waals surface area contributed by atoms with Gasteiger partial charge in [-0.05, 0) is 49.2 Å². The number of hydrogen-bond acceptors (Lipinski definition) is 8. The van der Waals surface area contributed by atoms with Crippen LogP contribution in [0.25, 0.3) is 0 Å². The first kappa shape index (κ1) is 27.0. The number of hydrogen-bond donors (Lipinski definition) is 2. The van der Waals surface area contributed by atoms with Crippen molar-refractivity contribution in [1.29, 1.82) is 0 Å². The Morgan fingerprint density at radius 2 is 0.906 bits per heavy atom. The van der Waals surface area contributed by atoms with Gasteiger partial charge in [-0.2, -0.15) is 16.8 Å². The molecule has 0 bridgehead atoms. The van der Waals surface area contributed by atoms with E-state index >= 15 is 0 Å². The molecular weight excluding hydrogens is 551 g/mol. The highest BCUT2D eigenvalue weighted by Crippen LogP contribution is 2.27. The quantitative estimate of drug-likeness (QED) is 0.338. The highest BCUT2D eigenvalue weighted by molar-refractivity contribution is 7.92. The lowest BCUT2D eigenvalue weighted by Gasteiger charge is -2.09. The second kappa shape index (κ2) is 9.54. The fourth-order valence-electron chi connectivity index (χ4n) is 2.57. The van der Waals surface area contributed by atoms with Gasteiger partial charge in [0.05, 0.1) is 31.3 Å². The van der Waals surface area contributed by atoms with Crippen LogP contribution in [0, 0.1) is 0 Å². The van der Waals surface area contributed by atoms with E-state index in [1.54, 1.807) is 0 Å². The molecule has 16 heteroatoms. The molecule has 0 unspecified atom stereocenters. The molecule has 0 spiro atoms. The third-order valence-electron chi connectivity index (χ3n) is 4.16. The Bertz CT molecular complexity index is 1350. The van der Waals surface area contributed by atoms with Crippen molar-refractivity contribution in [3.8, 4) is 0 Å². The van der Waals surface area contributed by atoms with E-state index in [0.717, 1.165) is 24.3 Å². The van der Waals surface area contributed by atoms with Crippen molar-refractivity contribution in [2.45, 2.75) is 32.4 Å². The first-order chi connectivity index (χ1) is 14.4. The van der Waals surface area contributed by atoms with Crippen molar-refractivity contribution in [2.75, 3.05) is 11.5 Å². The lowest BCUT2D eigenvalue weighted by Crippen LogP contribution is -2.12. The molecule has 2 rings (SSSR count). The lowest BCUT2D eigenvalue weighted by atomic mass is 10.4. The molecule has 0 heterocycles. The van der Waals surface area contributed by atoms with Crippen LogP contribution in [0.15, 0.2) is 56.0 Å². The normalized spacial score (nSPS) is 13.2. The van der Waals surface area contributed by atoms with Crippen molar-refractivity contribution < 1.29 is 42.8 Å². The van der Waals surface area contributed by atoms with Gasteiger partial charge in [0.15, 0.2) is 19.7 Å². The van der Waals surface area contributed by atoms with Crippen LogP contribution in [0.3, 0.4) is 0 Å². The van der Waals surface area contributed by atoms with Crippen LogP contribution in [0.2, 0.25) is 10.0 Å². The van der Waals surface area contributed by atoms with E-state index in [-0.39, 0.29) is 22.9 Å². The SMILES string of the molecule is O=S(=O)(O)c1cc(S(=O)(=O)CCCCS(=O)(=O)c2ccc(Cl)c(S(=O)(=O)O)c2)ccc1Cl. The monoisotopic (exact) mass is 566 g/mol. The fourth-order valence-corrected chi connectivity index (χ4v) is 7.50. The average molecular weight is 567 g/mol. The fraction of sp³-hybridized carbons (Fsp3) is 0.250. The highest BCUT2D eigenvalue weighted by atomic mass is 35.5. The Hall–Kier alpha value is -1.26. The third-order valence-corrected chi connectivity index (χ3v) is 10.4. The Kier molecular flexibility index (Phi) is 8.05. The van der Waals surface area contributed by atoms with Gasteiger partial charge in [-0.1, -0.05) is 23.2 Å². The van der Waals surface area contributed by atoms with Gasteiger partial charge in [0.25, 0.3) is 20.2 Å². The maximum absolute atomic E-state index is 12.4. The van der Waals surface area contributed by atoms with Crippen LogP contribution in [0.5, 0.6) is 0 Å². The van der Waals surface area contributed by atoms with Crippen LogP contribution < -0.4 is 0 Å². The summed E-state index contributed by atoms with van der Waals surface area (Å²) in [6.45, 7) is 0. The van der Waals surface area contributed by atoms with Crippen molar-refractivity contribution in [1.82, 2.24) is 0 Å². The summed E-state index contributed by atoms with van der Waals surface area (Å²) in [6.07, 6.45) is -0.270. The van der Waals surface area contributed by atoms with Crippen molar-refractivity contribution in [3.05, 3.63) is 46.4 Å². The zero-order chi connectivity index (χ0) is 24.5. The molecule has 0 saturated heterocycles.